The second kappa shape index (κ2) is 4.80. The summed E-state index contributed by atoms with van der Waals surface area (Å²) in [6, 6.07) is 5.92. The van der Waals surface area contributed by atoms with Crippen LogP contribution in [0.15, 0.2) is 18.2 Å². The molecule has 14 heavy (non-hydrogen) atoms. The van der Waals surface area contributed by atoms with E-state index in [0.717, 1.165) is 29.5 Å². The van der Waals surface area contributed by atoms with Crippen LogP contribution in [-0.2, 0) is 6.42 Å². The summed E-state index contributed by atoms with van der Waals surface area (Å²) in [6.45, 7) is 4.31. The second-order valence-electron chi connectivity index (χ2n) is 3.88. The molecule has 0 radical (unpaired) electrons. The average molecular weight is 191 g/mol. The fourth-order valence-electron chi connectivity index (χ4n) is 1.49. The Hall–Kier alpha value is -1.31. The normalized spacial score (nSPS) is 10.3. The van der Waals surface area contributed by atoms with Crippen LogP contribution in [-0.4, -0.2) is 13.3 Å². The molecule has 0 aliphatic heterocycles. The van der Waals surface area contributed by atoms with E-state index in [1.807, 2.05) is 25.2 Å². The lowest BCUT2D eigenvalue weighted by Gasteiger charge is -2.09. The van der Waals surface area contributed by atoms with Gasteiger partial charge < -0.3 is 5.32 Å². The fraction of sp³-hybridized carbons (Fsp3) is 0.417. The molecule has 76 valence electrons. The molecule has 1 N–H and O–H groups in total. The van der Waals surface area contributed by atoms with Crippen LogP contribution in [0.4, 0.5) is 5.69 Å². The average Bonchev–Trinajstić information content (AvgIpc) is 2.17. The van der Waals surface area contributed by atoms with Gasteiger partial charge in [0, 0.05) is 18.3 Å². The standard InChI is InChI=1S/C12H17NO/c1-9(2)6-10-4-5-12(13-3)7-11(10)8-14/h4-5,7-9,13H,6H2,1-3H3. The molecular weight excluding hydrogens is 174 g/mol. The Kier molecular flexibility index (Phi) is 3.69. The summed E-state index contributed by atoms with van der Waals surface area (Å²) in [5.74, 6) is 0.578. The highest BCUT2D eigenvalue weighted by atomic mass is 16.1. The highest BCUT2D eigenvalue weighted by molar-refractivity contribution is 5.79. The van der Waals surface area contributed by atoms with E-state index in [9.17, 15) is 4.79 Å². The third-order valence-electron chi connectivity index (χ3n) is 2.19. The Bertz CT molecular complexity index is 318. The molecule has 0 atom stereocenters. The third-order valence-corrected chi connectivity index (χ3v) is 2.19. The van der Waals surface area contributed by atoms with Crippen LogP contribution in [0.3, 0.4) is 0 Å². The molecule has 0 amide bonds. The SMILES string of the molecule is CNc1ccc(CC(C)C)c(C=O)c1. The lowest BCUT2D eigenvalue weighted by Crippen LogP contribution is -2.00. The van der Waals surface area contributed by atoms with Crippen LogP contribution in [0.2, 0.25) is 0 Å². The quantitative estimate of drug-likeness (QED) is 0.741. The van der Waals surface area contributed by atoms with Crippen LogP contribution in [0.5, 0.6) is 0 Å². The van der Waals surface area contributed by atoms with Gasteiger partial charge in [-0.2, -0.15) is 0 Å². The van der Waals surface area contributed by atoms with Crippen LogP contribution in [0.25, 0.3) is 0 Å². The maximum absolute atomic E-state index is 10.8. The Labute approximate surface area is 85.3 Å². The van der Waals surface area contributed by atoms with E-state index in [-0.39, 0.29) is 0 Å². The molecule has 0 bridgehead atoms. The van der Waals surface area contributed by atoms with Gasteiger partial charge in [-0.3, -0.25) is 4.79 Å². The Morgan fingerprint density at radius 3 is 2.64 bits per heavy atom. The van der Waals surface area contributed by atoms with Crippen molar-refractivity contribution in [3.63, 3.8) is 0 Å². The minimum Gasteiger partial charge on any atom is -0.388 e. The largest absolute Gasteiger partial charge is 0.388 e. The Balaban J connectivity index is 2.99. The van der Waals surface area contributed by atoms with Crippen molar-refractivity contribution in [1.29, 1.82) is 0 Å². The summed E-state index contributed by atoms with van der Waals surface area (Å²) in [5.41, 5.74) is 2.92. The van der Waals surface area contributed by atoms with E-state index < -0.39 is 0 Å². The van der Waals surface area contributed by atoms with Crippen molar-refractivity contribution in [2.45, 2.75) is 20.3 Å². The van der Waals surface area contributed by atoms with Gasteiger partial charge in [0.1, 0.15) is 6.29 Å². The molecule has 0 heterocycles. The minimum atomic E-state index is 0.578. The van der Waals surface area contributed by atoms with Gasteiger partial charge in [0.2, 0.25) is 0 Å². The smallest absolute Gasteiger partial charge is 0.150 e. The molecule has 0 fully saturated rings. The monoisotopic (exact) mass is 191 g/mol. The number of anilines is 1. The lowest BCUT2D eigenvalue weighted by molar-refractivity contribution is 0.112. The summed E-state index contributed by atoms with van der Waals surface area (Å²) < 4.78 is 0. The number of nitrogens with one attached hydrogen (secondary N) is 1. The van der Waals surface area contributed by atoms with Crippen molar-refractivity contribution in [2.24, 2.45) is 5.92 Å². The molecule has 0 saturated heterocycles. The first-order valence-electron chi connectivity index (χ1n) is 4.93. The van der Waals surface area contributed by atoms with E-state index in [0.29, 0.717) is 5.92 Å². The molecule has 1 aromatic carbocycles. The van der Waals surface area contributed by atoms with Crippen molar-refractivity contribution < 1.29 is 4.79 Å². The predicted octanol–water partition coefficient (Wildman–Crippen LogP) is 2.74. The molecule has 0 spiro atoms. The summed E-state index contributed by atoms with van der Waals surface area (Å²) >= 11 is 0. The van der Waals surface area contributed by atoms with E-state index in [2.05, 4.69) is 19.2 Å². The zero-order valence-electron chi connectivity index (χ0n) is 9.00. The maximum Gasteiger partial charge on any atom is 0.150 e. The van der Waals surface area contributed by atoms with Gasteiger partial charge in [-0.25, -0.2) is 0 Å². The van der Waals surface area contributed by atoms with Gasteiger partial charge in [-0.05, 0) is 30.0 Å². The highest BCUT2D eigenvalue weighted by Crippen LogP contribution is 2.17. The first-order chi connectivity index (χ1) is 6.67. The maximum atomic E-state index is 10.8. The molecule has 2 nitrogen and oxygen atoms in total. The van der Waals surface area contributed by atoms with Gasteiger partial charge in [0.05, 0.1) is 0 Å². The van der Waals surface area contributed by atoms with Crippen molar-refractivity contribution in [1.82, 2.24) is 0 Å². The van der Waals surface area contributed by atoms with E-state index >= 15 is 0 Å². The van der Waals surface area contributed by atoms with Crippen LogP contribution < -0.4 is 5.32 Å². The first kappa shape index (κ1) is 10.8. The van der Waals surface area contributed by atoms with Crippen LogP contribution in [0, 0.1) is 5.92 Å². The van der Waals surface area contributed by atoms with Gasteiger partial charge in [0.15, 0.2) is 0 Å². The molecule has 0 aliphatic carbocycles. The molecule has 0 saturated carbocycles. The third kappa shape index (κ3) is 2.59. The minimum absolute atomic E-state index is 0.578. The second-order valence-corrected chi connectivity index (χ2v) is 3.88. The van der Waals surface area contributed by atoms with Crippen molar-refractivity contribution >= 4 is 12.0 Å². The van der Waals surface area contributed by atoms with Gasteiger partial charge in [-0.1, -0.05) is 19.9 Å². The number of hydrogen-bond donors (Lipinski definition) is 1. The summed E-state index contributed by atoms with van der Waals surface area (Å²) in [5, 5.41) is 3.02. The number of aldehydes is 1. The molecule has 0 aliphatic rings. The molecule has 1 rings (SSSR count). The Morgan fingerprint density at radius 1 is 1.43 bits per heavy atom. The van der Waals surface area contributed by atoms with E-state index in [1.165, 1.54) is 0 Å². The number of carbonyl (C=O) groups is 1. The highest BCUT2D eigenvalue weighted by Gasteiger charge is 2.04. The van der Waals surface area contributed by atoms with Gasteiger partial charge >= 0.3 is 0 Å². The van der Waals surface area contributed by atoms with Crippen molar-refractivity contribution in [2.75, 3.05) is 12.4 Å². The van der Waals surface area contributed by atoms with Crippen molar-refractivity contribution in [3.8, 4) is 0 Å². The number of rotatable bonds is 4. The summed E-state index contributed by atoms with van der Waals surface area (Å²) in [7, 11) is 1.85. The van der Waals surface area contributed by atoms with Gasteiger partial charge in [0.25, 0.3) is 0 Å². The molecule has 0 aromatic heterocycles. The zero-order valence-corrected chi connectivity index (χ0v) is 9.00. The Morgan fingerprint density at radius 2 is 2.14 bits per heavy atom. The van der Waals surface area contributed by atoms with Gasteiger partial charge in [-0.15, -0.1) is 0 Å². The number of hydrogen-bond acceptors (Lipinski definition) is 2. The number of benzene rings is 1. The molecule has 2 heteroatoms. The van der Waals surface area contributed by atoms with Crippen LogP contribution in [0.1, 0.15) is 29.8 Å². The first-order valence-corrected chi connectivity index (χ1v) is 4.93. The molecular formula is C12H17NO. The predicted molar refractivity (Wildman–Crippen MR) is 59.9 cm³/mol. The summed E-state index contributed by atoms with van der Waals surface area (Å²) in [6.07, 6.45) is 1.89. The summed E-state index contributed by atoms with van der Waals surface area (Å²) in [4.78, 5) is 10.8. The van der Waals surface area contributed by atoms with E-state index in [4.69, 9.17) is 0 Å². The fourth-order valence-corrected chi connectivity index (χ4v) is 1.49. The lowest BCUT2D eigenvalue weighted by atomic mass is 9.98. The molecule has 0 unspecified atom stereocenters. The van der Waals surface area contributed by atoms with Crippen LogP contribution >= 0.6 is 0 Å². The number of carbonyl (C=O) groups excluding carboxylic acids is 1. The van der Waals surface area contributed by atoms with E-state index in [1.54, 1.807) is 0 Å². The van der Waals surface area contributed by atoms with Crippen molar-refractivity contribution in [3.05, 3.63) is 29.3 Å². The zero-order chi connectivity index (χ0) is 10.6. The topological polar surface area (TPSA) is 29.1 Å². The molecule has 1 aromatic rings.